The molecule has 0 aromatic heterocycles. The molecule has 0 radical (unpaired) electrons. The molecule has 19 heavy (non-hydrogen) atoms. The highest BCUT2D eigenvalue weighted by Gasteiger charge is 2.17. The molecule has 4 nitrogen and oxygen atoms in total. The fraction of sp³-hybridized carbons (Fsp3) is 0.429. The van der Waals surface area contributed by atoms with Crippen molar-refractivity contribution in [2.45, 2.75) is 32.9 Å². The molecular formula is C14H20N2O2S. The van der Waals surface area contributed by atoms with E-state index < -0.39 is 6.04 Å². The van der Waals surface area contributed by atoms with Gasteiger partial charge in [-0.15, -0.1) is 0 Å². The molecule has 2 amide bonds. The first kappa shape index (κ1) is 15.6. The second-order valence-electron chi connectivity index (χ2n) is 4.28. The van der Waals surface area contributed by atoms with E-state index in [-0.39, 0.29) is 17.6 Å². The van der Waals surface area contributed by atoms with Crippen molar-refractivity contribution < 1.29 is 9.59 Å². The molecule has 0 aliphatic heterocycles. The van der Waals surface area contributed by atoms with Crippen LogP contribution in [0, 0.1) is 0 Å². The lowest BCUT2D eigenvalue weighted by molar-refractivity contribution is -0.127. The molecule has 0 saturated heterocycles. The maximum atomic E-state index is 11.9. The Bertz CT molecular complexity index is 449. The number of benzene rings is 1. The van der Waals surface area contributed by atoms with Crippen molar-refractivity contribution >= 4 is 24.4 Å². The largest absolute Gasteiger partial charge is 0.350 e. The lowest BCUT2D eigenvalue weighted by atomic mass is 10.1. The molecule has 0 bridgehead atoms. The van der Waals surface area contributed by atoms with E-state index in [2.05, 4.69) is 30.2 Å². The first-order valence-electron chi connectivity index (χ1n) is 6.31. The van der Waals surface area contributed by atoms with Crippen LogP contribution in [-0.4, -0.2) is 23.6 Å². The summed E-state index contributed by atoms with van der Waals surface area (Å²) in [6.07, 6.45) is 0.924. The minimum absolute atomic E-state index is 0.212. The zero-order valence-electron chi connectivity index (χ0n) is 11.3. The Balaban J connectivity index is 2.60. The number of nitrogens with one attached hydrogen (secondary N) is 2. The highest BCUT2D eigenvalue weighted by atomic mass is 32.1. The van der Waals surface area contributed by atoms with Crippen molar-refractivity contribution in [2.75, 3.05) is 5.75 Å². The molecule has 1 aromatic rings. The number of rotatable bonds is 6. The van der Waals surface area contributed by atoms with Crippen molar-refractivity contribution in [1.29, 1.82) is 0 Å². The molecule has 5 heteroatoms. The third-order valence-corrected chi connectivity index (χ3v) is 3.19. The predicted molar refractivity (Wildman–Crippen MR) is 79.1 cm³/mol. The van der Waals surface area contributed by atoms with Gasteiger partial charge in [0.05, 0.1) is 0 Å². The van der Waals surface area contributed by atoms with E-state index in [9.17, 15) is 9.59 Å². The molecule has 1 atom stereocenters. The van der Waals surface area contributed by atoms with Gasteiger partial charge in [-0.3, -0.25) is 9.59 Å². The van der Waals surface area contributed by atoms with Crippen LogP contribution in [0.4, 0.5) is 0 Å². The maximum Gasteiger partial charge on any atom is 0.243 e. The molecule has 0 fully saturated rings. The number of carbonyl (C=O) groups is 2. The van der Waals surface area contributed by atoms with Crippen molar-refractivity contribution in [3.63, 3.8) is 0 Å². The van der Waals surface area contributed by atoms with Crippen LogP contribution in [0.5, 0.6) is 0 Å². The summed E-state index contributed by atoms with van der Waals surface area (Å²) in [5.41, 5.74) is 2.31. The van der Waals surface area contributed by atoms with Gasteiger partial charge in [-0.2, -0.15) is 12.6 Å². The molecule has 104 valence electrons. The monoisotopic (exact) mass is 280 g/mol. The molecule has 1 aromatic carbocycles. The maximum absolute atomic E-state index is 11.9. The van der Waals surface area contributed by atoms with E-state index in [1.807, 2.05) is 24.3 Å². The second-order valence-corrected chi connectivity index (χ2v) is 4.64. The normalized spacial score (nSPS) is 11.7. The van der Waals surface area contributed by atoms with Gasteiger partial charge in [-0.05, 0) is 17.5 Å². The summed E-state index contributed by atoms with van der Waals surface area (Å²) in [7, 11) is 0. The Morgan fingerprint density at radius 2 is 1.89 bits per heavy atom. The van der Waals surface area contributed by atoms with Crippen LogP contribution in [0.15, 0.2) is 24.3 Å². The second kappa shape index (κ2) is 7.84. The molecule has 1 rings (SSSR count). The summed E-state index contributed by atoms with van der Waals surface area (Å²) in [6, 6.07) is 7.39. The van der Waals surface area contributed by atoms with Gasteiger partial charge in [-0.25, -0.2) is 0 Å². The van der Waals surface area contributed by atoms with Gasteiger partial charge in [0.15, 0.2) is 0 Å². The smallest absolute Gasteiger partial charge is 0.243 e. The van der Waals surface area contributed by atoms with Crippen molar-refractivity contribution in [1.82, 2.24) is 10.6 Å². The number of amides is 2. The quantitative estimate of drug-likeness (QED) is 0.688. The summed E-state index contributed by atoms with van der Waals surface area (Å²) in [6.45, 7) is 3.93. The number of hydrogen-bond donors (Lipinski definition) is 3. The average molecular weight is 280 g/mol. The van der Waals surface area contributed by atoms with Gasteiger partial charge < -0.3 is 10.6 Å². The van der Waals surface area contributed by atoms with Crippen LogP contribution >= 0.6 is 12.6 Å². The highest BCUT2D eigenvalue weighted by molar-refractivity contribution is 7.80. The van der Waals surface area contributed by atoms with E-state index in [4.69, 9.17) is 0 Å². The molecule has 1 unspecified atom stereocenters. The number of hydrogen-bond acceptors (Lipinski definition) is 3. The summed E-state index contributed by atoms with van der Waals surface area (Å²) in [5, 5.41) is 5.39. The minimum Gasteiger partial charge on any atom is -0.350 e. The fourth-order valence-corrected chi connectivity index (χ4v) is 2.08. The van der Waals surface area contributed by atoms with Crippen LogP contribution in [-0.2, 0) is 22.6 Å². The highest BCUT2D eigenvalue weighted by Crippen LogP contribution is 2.09. The average Bonchev–Trinajstić information content (AvgIpc) is 2.42. The van der Waals surface area contributed by atoms with Crippen LogP contribution in [0.3, 0.4) is 0 Å². The Morgan fingerprint density at radius 1 is 1.26 bits per heavy atom. The summed E-state index contributed by atoms with van der Waals surface area (Å²) in [4.78, 5) is 22.9. The van der Waals surface area contributed by atoms with E-state index in [0.717, 1.165) is 12.0 Å². The third kappa shape index (κ3) is 4.95. The topological polar surface area (TPSA) is 58.2 Å². The van der Waals surface area contributed by atoms with Gasteiger partial charge in [0.1, 0.15) is 6.04 Å². The molecule has 0 spiro atoms. The van der Waals surface area contributed by atoms with Crippen LogP contribution < -0.4 is 10.6 Å². The van der Waals surface area contributed by atoms with Gasteiger partial charge in [0, 0.05) is 19.2 Å². The minimum atomic E-state index is -0.588. The van der Waals surface area contributed by atoms with E-state index in [0.29, 0.717) is 6.54 Å². The molecule has 0 aliphatic carbocycles. The Kier molecular flexibility index (Phi) is 6.42. The van der Waals surface area contributed by atoms with Gasteiger partial charge in [0.2, 0.25) is 11.8 Å². The number of aryl methyl sites for hydroxylation is 1. The Morgan fingerprint density at radius 3 is 2.42 bits per heavy atom. The van der Waals surface area contributed by atoms with Gasteiger partial charge >= 0.3 is 0 Å². The predicted octanol–water partition coefficient (Wildman–Crippen LogP) is 1.30. The summed E-state index contributed by atoms with van der Waals surface area (Å²) >= 11 is 4.07. The van der Waals surface area contributed by atoms with Gasteiger partial charge in [0.25, 0.3) is 0 Å². The SMILES string of the molecule is CCc1ccccc1CNC(=O)C(CS)NC(C)=O. The first-order valence-corrected chi connectivity index (χ1v) is 6.94. The Labute approximate surface area is 119 Å². The fourth-order valence-electron chi connectivity index (χ4n) is 1.82. The first-order chi connectivity index (χ1) is 9.08. The van der Waals surface area contributed by atoms with Crippen LogP contribution in [0.2, 0.25) is 0 Å². The zero-order chi connectivity index (χ0) is 14.3. The number of thiol groups is 1. The number of carbonyl (C=O) groups excluding carboxylic acids is 2. The molecular weight excluding hydrogens is 260 g/mol. The van der Waals surface area contributed by atoms with Gasteiger partial charge in [-0.1, -0.05) is 31.2 Å². The van der Waals surface area contributed by atoms with E-state index >= 15 is 0 Å². The van der Waals surface area contributed by atoms with E-state index in [1.54, 1.807) is 0 Å². The van der Waals surface area contributed by atoms with Crippen molar-refractivity contribution in [3.05, 3.63) is 35.4 Å². The van der Waals surface area contributed by atoms with Crippen LogP contribution in [0.25, 0.3) is 0 Å². The third-order valence-electron chi connectivity index (χ3n) is 2.83. The molecule has 0 aliphatic rings. The van der Waals surface area contributed by atoms with Crippen molar-refractivity contribution in [3.8, 4) is 0 Å². The summed E-state index contributed by atoms with van der Waals surface area (Å²) in [5.74, 6) is -0.167. The van der Waals surface area contributed by atoms with Crippen molar-refractivity contribution in [2.24, 2.45) is 0 Å². The Hall–Kier alpha value is -1.49. The lowest BCUT2D eigenvalue weighted by Gasteiger charge is -2.16. The standard InChI is InChI=1S/C14H20N2O2S/c1-3-11-6-4-5-7-12(11)8-15-14(18)13(9-19)16-10(2)17/h4-7,13,19H,3,8-9H2,1-2H3,(H,15,18)(H,16,17). The lowest BCUT2D eigenvalue weighted by Crippen LogP contribution is -2.47. The molecule has 0 heterocycles. The molecule has 0 saturated carbocycles. The zero-order valence-corrected chi connectivity index (χ0v) is 12.2. The molecule has 2 N–H and O–H groups in total. The van der Waals surface area contributed by atoms with Crippen LogP contribution in [0.1, 0.15) is 25.0 Å². The summed E-state index contributed by atoms with van der Waals surface area (Å²) < 4.78 is 0. The van der Waals surface area contributed by atoms with E-state index in [1.165, 1.54) is 12.5 Å².